The molecular formula is C17H22FN3. The first-order chi connectivity index (χ1) is 10.2. The van der Waals surface area contributed by atoms with Crippen LogP contribution in [0.15, 0.2) is 36.5 Å². The van der Waals surface area contributed by atoms with Crippen molar-refractivity contribution in [2.24, 2.45) is 5.73 Å². The maximum atomic E-state index is 13.7. The smallest absolute Gasteiger partial charge is 0.127 e. The third kappa shape index (κ3) is 3.32. The van der Waals surface area contributed by atoms with Crippen LogP contribution in [-0.2, 0) is 6.42 Å². The van der Waals surface area contributed by atoms with Crippen molar-refractivity contribution in [3.05, 3.63) is 53.6 Å². The van der Waals surface area contributed by atoms with Crippen LogP contribution in [0.5, 0.6) is 0 Å². The molecule has 0 bridgehead atoms. The zero-order valence-corrected chi connectivity index (χ0v) is 12.2. The predicted molar refractivity (Wildman–Crippen MR) is 81.4 cm³/mol. The Hall–Kier alpha value is -1.68. The van der Waals surface area contributed by atoms with Gasteiger partial charge in [0.25, 0.3) is 0 Å². The molecule has 1 heterocycles. The number of nitrogens with zero attached hydrogens (tertiary/aromatic N) is 2. The highest BCUT2D eigenvalue weighted by molar-refractivity contribution is 5.22. The minimum atomic E-state index is -0.346. The summed E-state index contributed by atoms with van der Waals surface area (Å²) in [7, 11) is 0. The molecule has 0 amide bonds. The van der Waals surface area contributed by atoms with Gasteiger partial charge in [0.05, 0.1) is 11.7 Å². The van der Waals surface area contributed by atoms with Gasteiger partial charge in [0.2, 0.25) is 0 Å². The SMILES string of the molecule is NC(Cc1ccn(C2CCCCC2)n1)c1ccccc1F. The van der Waals surface area contributed by atoms with E-state index in [1.54, 1.807) is 12.1 Å². The Morgan fingerprint density at radius 2 is 1.95 bits per heavy atom. The van der Waals surface area contributed by atoms with E-state index in [-0.39, 0.29) is 11.9 Å². The summed E-state index contributed by atoms with van der Waals surface area (Å²) in [5, 5.41) is 4.64. The van der Waals surface area contributed by atoms with Crippen LogP contribution in [0.1, 0.15) is 55.4 Å². The third-order valence-corrected chi connectivity index (χ3v) is 4.35. The molecule has 3 nitrogen and oxygen atoms in total. The molecule has 2 aromatic rings. The first-order valence-electron chi connectivity index (χ1n) is 7.78. The van der Waals surface area contributed by atoms with Gasteiger partial charge in [-0.15, -0.1) is 0 Å². The van der Waals surface area contributed by atoms with E-state index in [2.05, 4.69) is 9.78 Å². The van der Waals surface area contributed by atoms with Crippen molar-refractivity contribution in [3.8, 4) is 0 Å². The molecule has 1 saturated carbocycles. The Bertz CT molecular complexity index is 587. The summed E-state index contributed by atoms with van der Waals surface area (Å²) >= 11 is 0. The molecule has 0 aliphatic heterocycles. The molecule has 2 N–H and O–H groups in total. The molecule has 0 spiro atoms. The van der Waals surface area contributed by atoms with Gasteiger partial charge >= 0.3 is 0 Å². The summed E-state index contributed by atoms with van der Waals surface area (Å²) in [6.45, 7) is 0. The zero-order valence-electron chi connectivity index (χ0n) is 12.2. The van der Waals surface area contributed by atoms with Crippen molar-refractivity contribution in [2.75, 3.05) is 0 Å². The Balaban J connectivity index is 1.68. The number of halogens is 1. The first-order valence-corrected chi connectivity index (χ1v) is 7.78. The van der Waals surface area contributed by atoms with Gasteiger partial charge in [-0.2, -0.15) is 5.10 Å². The lowest BCUT2D eigenvalue weighted by Crippen LogP contribution is -2.17. The molecule has 1 aliphatic rings. The minimum Gasteiger partial charge on any atom is -0.324 e. The van der Waals surface area contributed by atoms with Crippen molar-refractivity contribution in [2.45, 2.75) is 50.6 Å². The molecule has 1 unspecified atom stereocenters. The van der Waals surface area contributed by atoms with Gasteiger partial charge in [0, 0.05) is 24.2 Å². The van der Waals surface area contributed by atoms with Gasteiger partial charge in [0.1, 0.15) is 5.82 Å². The second-order valence-electron chi connectivity index (χ2n) is 5.91. The van der Waals surface area contributed by atoms with E-state index in [1.807, 2.05) is 18.3 Å². The van der Waals surface area contributed by atoms with Crippen LogP contribution in [0.3, 0.4) is 0 Å². The van der Waals surface area contributed by atoms with Crippen LogP contribution in [0, 0.1) is 5.82 Å². The highest BCUT2D eigenvalue weighted by Gasteiger charge is 2.17. The van der Waals surface area contributed by atoms with Crippen molar-refractivity contribution in [3.63, 3.8) is 0 Å². The van der Waals surface area contributed by atoms with Gasteiger partial charge in [-0.1, -0.05) is 37.5 Å². The Kier molecular flexibility index (Phi) is 4.34. The van der Waals surface area contributed by atoms with E-state index in [1.165, 1.54) is 38.2 Å². The van der Waals surface area contributed by atoms with Crippen molar-refractivity contribution in [1.29, 1.82) is 0 Å². The summed E-state index contributed by atoms with van der Waals surface area (Å²) in [6.07, 6.45) is 8.94. The summed E-state index contributed by atoms with van der Waals surface area (Å²) < 4.78 is 15.8. The molecule has 0 saturated heterocycles. The molecule has 1 aliphatic carbocycles. The molecule has 3 rings (SSSR count). The number of benzene rings is 1. The highest BCUT2D eigenvalue weighted by atomic mass is 19.1. The van der Waals surface area contributed by atoms with Crippen LogP contribution in [0.25, 0.3) is 0 Å². The average Bonchev–Trinajstić information content (AvgIpc) is 2.97. The second kappa shape index (κ2) is 6.39. The van der Waals surface area contributed by atoms with Crippen molar-refractivity contribution < 1.29 is 4.39 Å². The van der Waals surface area contributed by atoms with Gasteiger partial charge in [-0.25, -0.2) is 4.39 Å². The maximum absolute atomic E-state index is 13.7. The minimum absolute atomic E-state index is 0.239. The molecule has 1 aromatic carbocycles. The Labute approximate surface area is 125 Å². The highest BCUT2D eigenvalue weighted by Crippen LogP contribution is 2.28. The number of hydrogen-bond acceptors (Lipinski definition) is 2. The maximum Gasteiger partial charge on any atom is 0.127 e. The molecule has 21 heavy (non-hydrogen) atoms. The van der Waals surface area contributed by atoms with Crippen LogP contribution >= 0.6 is 0 Å². The topological polar surface area (TPSA) is 43.8 Å². The van der Waals surface area contributed by atoms with Crippen LogP contribution in [-0.4, -0.2) is 9.78 Å². The lowest BCUT2D eigenvalue weighted by atomic mass is 9.96. The lowest BCUT2D eigenvalue weighted by molar-refractivity contribution is 0.328. The molecule has 1 aromatic heterocycles. The second-order valence-corrected chi connectivity index (χ2v) is 5.91. The van der Waals surface area contributed by atoms with Crippen molar-refractivity contribution in [1.82, 2.24) is 9.78 Å². The van der Waals surface area contributed by atoms with Gasteiger partial charge in [-0.05, 0) is 25.0 Å². The molecule has 112 valence electrons. The quantitative estimate of drug-likeness (QED) is 0.930. The molecule has 0 radical (unpaired) electrons. The Morgan fingerprint density at radius 1 is 1.19 bits per heavy atom. The van der Waals surface area contributed by atoms with E-state index in [0.29, 0.717) is 18.0 Å². The Morgan fingerprint density at radius 3 is 2.71 bits per heavy atom. The monoisotopic (exact) mass is 287 g/mol. The first kappa shape index (κ1) is 14.3. The fourth-order valence-corrected chi connectivity index (χ4v) is 3.15. The lowest BCUT2D eigenvalue weighted by Gasteiger charge is -2.21. The van der Waals surface area contributed by atoms with E-state index in [0.717, 1.165) is 5.69 Å². The van der Waals surface area contributed by atoms with Gasteiger partial charge < -0.3 is 5.73 Å². The van der Waals surface area contributed by atoms with Crippen LogP contribution in [0.2, 0.25) is 0 Å². The van der Waals surface area contributed by atoms with Gasteiger partial charge in [0.15, 0.2) is 0 Å². The molecule has 4 heteroatoms. The predicted octanol–water partition coefficient (Wildman–Crippen LogP) is 3.77. The van der Waals surface area contributed by atoms with Crippen LogP contribution < -0.4 is 5.73 Å². The van der Waals surface area contributed by atoms with Gasteiger partial charge in [-0.3, -0.25) is 4.68 Å². The van der Waals surface area contributed by atoms with E-state index >= 15 is 0 Å². The van der Waals surface area contributed by atoms with E-state index < -0.39 is 0 Å². The molecule has 1 fully saturated rings. The normalized spacial score (nSPS) is 17.8. The van der Waals surface area contributed by atoms with E-state index in [9.17, 15) is 4.39 Å². The molecular weight excluding hydrogens is 265 g/mol. The summed E-state index contributed by atoms with van der Waals surface area (Å²) in [4.78, 5) is 0. The average molecular weight is 287 g/mol. The summed E-state index contributed by atoms with van der Waals surface area (Å²) in [5.41, 5.74) is 7.63. The summed E-state index contributed by atoms with van der Waals surface area (Å²) in [6, 6.07) is 8.89. The zero-order chi connectivity index (χ0) is 14.7. The largest absolute Gasteiger partial charge is 0.324 e. The standard InChI is InChI=1S/C17H22FN3/c18-16-9-5-4-8-15(16)17(19)12-13-10-11-21(20-13)14-6-2-1-3-7-14/h4-5,8-11,14,17H,1-3,6-7,12,19H2. The fraction of sp³-hybridized carbons (Fsp3) is 0.471. The fourth-order valence-electron chi connectivity index (χ4n) is 3.15. The summed E-state index contributed by atoms with van der Waals surface area (Å²) in [5.74, 6) is -0.239. The third-order valence-electron chi connectivity index (χ3n) is 4.35. The van der Waals surface area contributed by atoms with Crippen molar-refractivity contribution >= 4 is 0 Å². The molecule has 1 atom stereocenters. The van der Waals surface area contributed by atoms with Crippen LogP contribution in [0.4, 0.5) is 4.39 Å². The van der Waals surface area contributed by atoms with E-state index in [4.69, 9.17) is 5.73 Å². The number of nitrogens with two attached hydrogens (primary N) is 1. The number of rotatable bonds is 4. The number of aromatic nitrogens is 2. The number of hydrogen-bond donors (Lipinski definition) is 1.